The summed E-state index contributed by atoms with van der Waals surface area (Å²) >= 11 is 0. The van der Waals surface area contributed by atoms with Gasteiger partial charge in [0.2, 0.25) is 0 Å². The van der Waals surface area contributed by atoms with Crippen LogP contribution in [-0.2, 0) is 18.6 Å². The molecule has 4 aromatic rings. The van der Waals surface area contributed by atoms with E-state index in [0.717, 1.165) is 31.2 Å². The Hall–Kier alpha value is -3.76. The number of fused-ring (bicyclic) bond motifs is 1. The van der Waals surface area contributed by atoms with Gasteiger partial charge in [0.05, 0.1) is 6.04 Å². The Bertz CT molecular complexity index is 1410. The third-order valence-electron chi connectivity index (χ3n) is 8.98. The summed E-state index contributed by atoms with van der Waals surface area (Å²) in [6.45, 7) is 10.3. The van der Waals surface area contributed by atoms with Crippen molar-refractivity contribution in [2.75, 3.05) is 31.1 Å². The van der Waals surface area contributed by atoms with E-state index in [-0.39, 0.29) is 11.5 Å². The first-order chi connectivity index (χ1) is 20.6. The first-order valence-electron chi connectivity index (χ1n) is 15.6. The zero-order chi connectivity index (χ0) is 28.8. The standard InChI is InChI=1S/C38H44N2O2/c1-38(2)35-27-34(42-29-31-13-7-5-8-14-31)21-22-36(35)40(37(38)32-15-9-6-10-16-32)28-30-17-19-33(20-18-30)41-26-25-39-23-11-3-4-12-24-39/h5-10,13-22,27,37H,3-4,11-12,23-26,28-29H2,1-2H3. The smallest absolute Gasteiger partial charge is 0.120 e. The Morgan fingerprint density at radius 3 is 2.07 bits per heavy atom. The van der Waals surface area contributed by atoms with Gasteiger partial charge in [0.15, 0.2) is 0 Å². The third-order valence-corrected chi connectivity index (χ3v) is 8.98. The first-order valence-corrected chi connectivity index (χ1v) is 15.6. The fourth-order valence-electron chi connectivity index (χ4n) is 6.74. The minimum atomic E-state index is -0.0980. The molecule has 2 aliphatic heterocycles. The summed E-state index contributed by atoms with van der Waals surface area (Å²) in [7, 11) is 0. The second-order valence-corrected chi connectivity index (χ2v) is 12.4. The zero-order valence-electron chi connectivity index (χ0n) is 25.2. The van der Waals surface area contributed by atoms with Gasteiger partial charge in [-0.05, 0) is 78.5 Å². The number of nitrogens with zero attached hydrogens (tertiary/aromatic N) is 2. The molecule has 4 aromatic carbocycles. The van der Waals surface area contributed by atoms with Gasteiger partial charge in [-0.15, -0.1) is 0 Å². The number of ether oxygens (including phenoxy) is 2. The molecule has 0 bridgehead atoms. The maximum absolute atomic E-state index is 6.26. The molecule has 0 N–H and O–H groups in total. The molecular formula is C38H44N2O2. The van der Waals surface area contributed by atoms with Gasteiger partial charge in [0, 0.05) is 24.2 Å². The van der Waals surface area contributed by atoms with E-state index in [1.54, 1.807) is 0 Å². The Labute approximate surface area is 251 Å². The minimum absolute atomic E-state index is 0.0980. The highest BCUT2D eigenvalue weighted by molar-refractivity contribution is 5.67. The monoisotopic (exact) mass is 560 g/mol. The molecule has 4 heteroatoms. The molecule has 218 valence electrons. The number of anilines is 1. The summed E-state index contributed by atoms with van der Waals surface area (Å²) in [5, 5.41) is 0. The molecule has 42 heavy (non-hydrogen) atoms. The molecule has 2 aliphatic rings. The van der Waals surface area contributed by atoms with Crippen LogP contribution in [0.2, 0.25) is 0 Å². The molecule has 6 rings (SSSR count). The van der Waals surface area contributed by atoms with Crippen molar-refractivity contribution < 1.29 is 9.47 Å². The summed E-state index contributed by atoms with van der Waals surface area (Å²) in [5.74, 6) is 1.87. The van der Waals surface area contributed by atoms with Crippen LogP contribution >= 0.6 is 0 Å². The number of hydrogen-bond donors (Lipinski definition) is 0. The first kappa shape index (κ1) is 28.4. The number of hydrogen-bond acceptors (Lipinski definition) is 4. The molecule has 0 aromatic heterocycles. The predicted molar refractivity (Wildman–Crippen MR) is 172 cm³/mol. The van der Waals surface area contributed by atoms with Gasteiger partial charge in [-0.1, -0.05) is 99.5 Å². The van der Waals surface area contributed by atoms with Gasteiger partial charge in [0.25, 0.3) is 0 Å². The molecule has 1 atom stereocenters. The SMILES string of the molecule is CC1(C)c2cc(OCc3ccccc3)ccc2N(Cc2ccc(OCCN3CCCCCC3)cc2)C1c1ccccc1. The molecule has 0 radical (unpaired) electrons. The molecule has 4 nitrogen and oxygen atoms in total. The third kappa shape index (κ3) is 6.50. The van der Waals surface area contributed by atoms with Crippen molar-refractivity contribution in [3.63, 3.8) is 0 Å². The number of rotatable bonds is 10. The van der Waals surface area contributed by atoms with Crippen molar-refractivity contribution >= 4 is 5.69 Å². The van der Waals surface area contributed by atoms with Gasteiger partial charge in [-0.3, -0.25) is 4.90 Å². The van der Waals surface area contributed by atoms with Crippen LogP contribution in [-0.4, -0.2) is 31.1 Å². The van der Waals surface area contributed by atoms with E-state index in [1.165, 1.54) is 66.7 Å². The molecule has 0 amide bonds. The van der Waals surface area contributed by atoms with Crippen LogP contribution in [0.5, 0.6) is 11.5 Å². The van der Waals surface area contributed by atoms with Gasteiger partial charge < -0.3 is 14.4 Å². The molecule has 2 heterocycles. The van der Waals surface area contributed by atoms with E-state index in [9.17, 15) is 0 Å². The van der Waals surface area contributed by atoms with Crippen molar-refractivity contribution in [2.45, 2.75) is 64.1 Å². The largest absolute Gasteiger partial charge is 0.492 e. The molecule has 1 saturated heterocycles. The summed E-state index contributed by atoms with van der Waals surface area (Å²) in [6.07, 6.45) is 5.37. The van der Waals surface area contributed by atoms with Crippen molar-refractivity contribution in [1.29, 1.82) is 0 Å². The van der Waals surface area contributed by atoms with Crippen molar-refractivity contribution in [3.8, 4) is 11.5 Å². The van der Waals surface area contributed by atoms with E-state index in [2.05, 4.69) is 121 Å². The second kappa shape index (κ2) is 13.0. The summed E-state index contributed by atoms with van der Waals surface area (Å²) in [5.41, 5.74) is 6.30. The topological polar surface area (TPSA) is 24.9 Å². The minimum Gasteiger partial charge on any atom is -0.492 e. The van der Waals surface area contributed by atoms with Crippen molar-refractivity contribution in [2.24, 2.45) is 0 Å². The number of benzene rings is 4. The maximum Gasteiger partial charge on any atom is 0.120 e. The highest BCUT2D eigenvalue weighted by Crippen LogP contribution is 2.54. The van der Waals surface area contributed by atoms with Crippen molar-refractivity contribution in [1.82, 2.24) is 4.90 Å². The average molecular weight is 561 g/mol. The molecule has 1 fully saturated rings. The fraction of sp³-hybridized carbons (Fsp3) is 0.368. The van der Waals surface area contributed by atoms with Gasteiger partial charge in [-0.25, -0.2) is 0 Å². The molecular weight excluding hydrogens is 516 g/mol. The van der Waals surface area contributed by atoms with E-state index in [1.807, 2.05) is 6.07 Å². The van der Waals surface area contributed by atoms with E-state index >= 15 is 0 Å². The maximum atomic E-state index is 6.26. The second-order valence-electron chi connectivity index (χ2n) is 12.4. The molecule has 0 saturated carbocycles. The fourth-order valence-corrected chi connectivity index (χ4v) is 6.74. The molecule has 0 spiro atoms. The lowest BCUT2D eigenvalue weighted by Crippen LogP contribution is -2.33. The lowest BCUT2D eigenvalue weighted by atomic mass is 9.77. The normalized spacial score (nSPS) is 18.3. The lowest BCUT2D eigenvalue weighted by Gasteiger charge is -2.35. The highest BCUT2D eigenvalue weighted by atomic mass is 16.5. The van der Waals surface area contributed by atoms with Crippen LogP contribution in [0, 0.1) is 0 Å². The van der Waals surface area contributed by atoms with Gasteiger partial charge in [0.1, 0.15) is 24.7 Å². The zero-order valence-corrected chi connectivity index (χ0v) is 25.2. The van der Waals surface area contributed by atoms with Crippen LogP contribution in [0.3, 0.4) is 0 Å². The Morgan fingerprint density at radius 1 is 0.690 bits per heavy atom. The molecule has 0 aliphatic carbocycles. The average Bonchev–Trinajstić information content (AvgIpc) is 3.17. The lowest BCUT2D eigenvalue weighted by molar-refractivity contribution is 0.214. The summed E-state index contributed by atoms with van der Waals surface area (Å²) < 4.78 is 12.4. The van der Waals surface area contributed by atoms with Crippen LogP contribution < -0.4 is 14.4 Å². The van der Waals surface area contributed by atoms with E-state index in [4.69, 9.17) is 9.47 Å². The van der Waals surface area contributed by atoms with Crippen LogP contribution in [0.15, 0.2) is 103 Å². The number of likely N-dealkylation sites (tertiary alicyclic amines) is 1. The quantitative estimate of drug-likeness (QED) is 0.194. The summed E-state index contributed by atoms with van der Waals surface area (Å²) in [4.78, 5) is 5.12. The Balaban J connectivity index is 1.18. The van der Waals surface area contributed by atoms with Gasteiger partial charge in [-0.2, -0.15) is 0 Å². The predicted octanol–water partition coefficient (Wildman–Crippen LogP) is 8.56. The Kier molecular flexibility index (Phi) is 8.81. The van der Waals surface area contributed by atoms with Crippen LogP contribution in [0.25, 0.3) is 0 Å². The summed E-state index contributed by atoms with van der Waals surface area (Å²) in [6, 6.07) is 36.9. The van der Waals surface area contributed by atoms with Gasteiger partial charge >= 0.3 is 0 Å². The molecule has 1 unspecified atom stereocenters. The van der Waals surface area contributed by atoms with Crippen molar-refractivity contribution in [3.05, 3.63) is 125 Å². The highest BCUT2D eigenvalue weighted by Gasteiger charge is 2.45. The van der Waals surface area contributed by atoms with E-state index in [0.29, 0.717) is 6.61 Å². The Morgan fingerprint density at radius 2 is 1.36 bits per heavy atom. The van der Waals surface area contributed by atoms with E-state index < -0.39 is 0 Å². The van der Waals surface area contributed by atoms with Crippen LogP contribution in [0.4, 0.5) is 5.69 Å². The van der Waals surface area contributed by atoms with Crippen LogP contribution in [0.1, 0.15) is 67.8 Å².